The molecule has 0 aliphatic rings. The van der Waals surface area contributed by atoms with Crippen LogP contribution in [0.3, 0.4) is 0 Å². The number of hydrogen-bond acceptors (Lipinski definition) is 3. The van der Waals surface area contributed by atoms with Crippen LogP contribution in [0.5, 0.6) is 0 Å². The second-order valence-corrected chi connectivity index (χ2v) is 5.35. The minimum atomic E-state index is -0.112. The van der Waals surface area contributed by atoms with Crippen molar-refractivity contribution in [2.24, 2.45) is 14.1 Å². The van der Waals surface area contributed by atoms with Gasteiger partial charge in [0.05, 0.1) is 16.4 Å². The summed E-state index contributed by atoms with van der Waals surface area (Å²) in [7, 11) is 5.42. The lowest BCUT2D eigenvalue weighted by atomic mass is 10.3. The first kappa shape index (κ1) is 13.8. The Morgan fingerprint density at radius 2 is 2.16 bits per heavy atom. The van der Waals surface area contributed by atoms with Gasteiger partial charge in [-0.15, -0.1) is 0 Å². The van der Waals surface area contributed by atoms with Crippen molar-refractivity contribution in [3.63, 3.8) is 0 Å². The number of amides is 1. The Morgan fingerprint density at radius 3 is 2.63 bits per heavy atom. The van der Waals surface area contributed by atoms with E-state index < -0.39 is 0 Å². The Hall–Kier alpha value is -1.63. The number of carbonyl (C=O) groups excluding carboxylic acids is 1. The predicted octanol–water partition coefficient (Wildman–Crippen LogP) is 1.50. The van der Waals surface area contributed by atoms with Crippen LogP contribution in [-0.2, 0) is 20.6 Å². The lowest BCUT2D eigenvalue weighted by Gasteiger charge is -2.14. The molecule has 2 heterocycles. The van der Waals surface area contributed by atoms with Crippen molar-refractivity contribution < 1.29 is 4.79 Å². The van der Waals surface area contributed by atoms with E-state index in [0.717, 1.165) is 15.7 Å². The Kier molecular flexibility index (Phi) is 3.75. The Labute approximate surface area is 120 Å². The second-order valence-electron chi connectivity index (χ2n) is 4.56. The van der Waals surface area contributed by atoms with Crippen LogP contribution < -0.4 is 0 Å². The Balaban J connectivity index is 2.17. The first-order valence-electron chi connectivity index (χ1n) is 5.82. The molecule has 6 nitrogen and oxygen atoms in total. The van der Waals surface area contributed by atoms with Crippen LogP contribution in [0.25, 0.3) is 0 Å². The average Bonchev–Trinajstić information content (AvgIpc) is 2.87. The molecular formula is C12H16BrN5O. The molecule has 0 aromatic carbocycles. The van der Waals surface area contributed by atoms with E-state index in [1.807, 2.05) is 27.2 Å². The number of carbonyl (C=O) groups is 1. The third kappa shape index (κ3) is 2.70. The zero-order valence-corrected chi connectivity index (χ0v) is 13.0. The zero-order valence-electron chi connectivity index (χ0n) is 11.4. The largest absolute Gasteiger partial charge is 0.336 e. The van der Waals surface area contributed by atoms with Crippen molar-refractivity contribution in [2.75, 3.05) is 7.05 Å². The smallest absolute Gasteiger partial charge is 0.275 e. The quantitative estimate of drug-likeness (QED) is 0.859. The lowest BCUT2D eigenvalue weighted by Crippen LogP contribution is -2.26. The van der Waals surface area contributed by atoms with Crippen molar-refractivity contribution in [3.8, 4) is 0 Å². The molecule has 0 saturated heterocycles. The molecular weight excluding hydrogens is 310 g/mol. The van der Waals surface area contributed by atoms with Gasteiger partial charge in [-0.1, -0.05) is 0 Å². The highest BCUT2D eigenvalue weighted by Gasteiger charge is 2.21. The van der Waals surface area contributed by atoms with Gasteiger partial charge in [0.25, 0.3) is 5.91 Å². The van der Waals surface area contributed by atoms with Crippen LogP contribution >= 0.6 is 15.9 Å². The van der Waals surface area contributed by atoms with E-state index >= 15 is 0 Å². The molecule has 7 heteroatoms. The van der Waals surface area contributed by atoms with Crippen molar-refractivity contribution in [1.82, 2.24) is 24.5 Å². The van der Waals surface area contributed by atoms with E-state index in [1.54, 1.807) is 27.5 Å². The molecule has 0 radical (unpaired) electrons. The highest BCUT2D eigenvalue weighted by molar-refractivity contribution is 9.10. The number of hydrogen-bond donors (Lipinski definition) is 0. The second kappa shape index (κ2) is 5.16. The first-order valence-corrected chi connectivity index (χ1v) is 6.61. The predicted molar refractivity (Wildman–Crippen MR) is 74.7 cm³/mol. The number of nitrogens with zero attached hydrogens (tertiary/aromatic N) is 5. The van der Waals surface area contributed by atoms with Gasteiger partial charge < -0.3 is 4.90 Å². The summed E-state index contributed by atoms with van der Waals surface area (Å²) in [6.45, 7) is 2.42. The fourth-order valence-electron chi connectivity index (χ4n) is 1.80. The Morgan fingerprint density at radius 1 is 1.47 bits per heavy atom. The van der Waals surface area contributed by atoms with Crippen molar-refractivity contribution >= 4 is 21.8 Å². The minimum Gasteiger partial charge on any atom is -0.336 e. The maximum absolute atomic E-state index is 12.3. The van der Waals surface area contributed by atoms with Gasteiger partial charge in [0.15, 0.2) is 5.69 Å². The third-order valence-corrected chi connectivity index (χ3v) is 3.94. The molecule has 102 valence electrons. The molecule has 0 saturated carbocycles. The van der Waals surface area contributed by atoms with Crippen LogP contribution in [0.15, 0.2) is 16.9 Å². The van der Waals surface area contributed by atoms with Gasteiger partial charge >= 0.3 is 0 Å². The van der Waals surface area contributed by atoms with Gasteiger partial charge in [0.2, 0.25) is 0 Å². The number of aryl methyl sites for hydroxylation is 2. The van der Waals surface area contributed by atoms with Crippen molar-refractivity contribution in [2.45, 2.75) is 13.5 Å². The molecule has 0 fully saturated rings. The van der Waals surface area contributed by atoms with E-state index in [4.69, 9.17) is 0 Å². The molecule has 0 aliphatic heterocycles. The molecule has 0 bridgehead atoms. The summed E-state index contributed by atoms with van der Waals surface area (Å²) >= 11 is 3.41. The van der Waals surface area contributed by atoms with Crippen molar-refractivity contribution in [1.29, 1.82) is 0 Å². The maximum atomic E-state index is 12.3. The zero-order chi connectivity index (χ0) is 14.2. The van der Waals surface area contributed by atoms with Gasteiger partial charge in [-0.3, -0.25) is 14.2 Å². The third-order valence-electron chi connectivity index (χ3n) is 2.99. The molecule has 2 aromatic heterocycles. The topological polar surface area (TPSA) is 56.0 Å². The van der Waals surface area contributed by atoms with E-state index in [-0.39, 0.29) is 5.91 Å². The highest BCUT2D eigenvalue weighted by atomic mass is 79.9. The first-order chi connectivity index (χ1) is 8.90. The molecule has 0 N–H and O–H groups in total. The standard InChI is InChI=1S/C12H16BrN5O/c1-8-10(13)11(15-18(8)4)12(19)16(2)6-9-5-14-17(3)7-9/h5,7H,6H2,1-4H3. The van der Waals surface area contributed by atoms with Gasteiger partial charge in [-0.05, 0) is 22.9 Å². The molecule has 0 unspecified atom stereocenters. The van der Waals surface area contributed by atoms with E-state index in [1.165, 1.54) is 0 Å². The van der Waals surface area contributed by atoms with Crippen molar-refractivity contribution in [3.05, 3.63) is 33.8 Å². The number of halogens is 1. The van der Waals surface area contributed by atoms with Crippen LogP contribution in [0, 0.1) is 6.92 Å². The fourth-order valence-corrected chi connectivity index (χ4v) is 2.30. The van der Waals surface area contributed by atoms with E-state index in [0.29, 0.717) is 12.2 Å². The highest BCUT2D eigenvalue weighted by Crippen LogP contribution is 2.21. The molecule has 0 atom stereocenters. The van der Waals surface area contributed by atoms with Crippen LogP contribution in [0.4, 0.5) is 0 Å². The van der Waals surface area contributed by atoms with Gasteiger partial charge in [0.1, 0.15) is 0 Å². The fraction of sp³-hybridized carbons (Fsp3) is 0.417. The molecule has 2 rings (SSSR count). The number of aromatic nitrogens is 4. The van der Waals surface area contributed by atoms with Crippen LogP contribution in [0.2, 0.25) is 0 Å². The summed E-state index contributed by atoms with van der Waals surface area (Å²) in [6.07, 6.45) is 3.64. The van der Waals surface area contributed by atoms with E-state index in [2.05, 4.69) is 26.1 Å². The van der Waals surface area contributed by atoms with Gasteiger partial charge in [-0.25, -0.2) is 0 Å². The average molecular weight is 326 g/mol. The molecule has 19 heavy (non-hydrogen) atoms. The Bertz CT molecular complexity index is 616. The summed E-state index contributed by atoms with van der Waals surface area (Å²) in [5.74, 6) is -0.112. The molecule has 2 aromatic rings. The van der Waals surface area contributed by atoms with Crippen LogP contribution in [-0.4, -0.2) is 37.4 Å². The monoisotopic (exact) mass is 325 g/mol. The summed E-state index contributed by atoms with van der Waals surface area (Å²) < 4.78 is 4.15. The summed E-state index contributed by atoms with van der Waals surface area (Å²) in [4.78, 5) is 14.0. The normalized spacial score (nSPS) is 10.8. The molecule has 0 spiro atoms. The van der Waals surface area contributed by atoms with E-state index in [9.17, 15) is 4.79 Å². The molecule has 1 amide bonds. The SMILES string of the molecule is Cc1c(Br)c(C(=O)N(C)Cc2cnn(C)c2)nn1C. The van der Waals surface area contributed by atoms with Gasteiger partial charge in [-0.2, -0.15) is 10.2 Å². The summed E-state index contributed by atoms with van der Waals surface area (Å²) in [5, 5.41) is 8.32. The summed E-state index contributed by atoms with van der Waals surface area (Å²) in [6, 6.07) is 0. The lowest BCUT2D eigenvalue weighted by molar-refractivity contribution is 0.0777. The maximum Gasteiger partial charge on any atom is 0.275 e. The van der Waals surface area contributed by atoms with Gasteiger partial charge in [0, 0.05) is 39.4 Å². The number of rotatable bonds is 3. The molecule has 0 aliphatic carbocycles. The summed E-state index contributed by atoms with van der Waals surface area (Å²) in [5.41, 5.74) is 2.35. The van der Waals surface area contributed by atoms with Crippen LogP contribution in [0.1, 0.15) is 21.7 Å². The minimum absolute atomic E-state index is 0.112.